The molecular weight excluding hydrogens is 296 g/mol. The Labute approximate surface area is 134 Å². The molecule has 0 saturated carbocycles. The second-order valence-electron chi connectivity index (χ2n) is 5.72. The summed E-state index contributed by atoms with van der Waals surface area (Å²) in [4.78, 5) is 38.0. The maximum absolute atomic E-state index is 12.0. The zero-order valence-corrected chi connectivity index (χ0v) is 13.3. The predicted octanol–water partition coefficient (Wildman–Crippen LogP) is 0.191. The Hall–Kier alpha value is -2.62. The van der Waals surface area contributed by atoms with Gasteiger partial charge in [-0.1, -0.05) is 0 Å². The van der Waals surface area contributed by atoms with Crippen molar-refractivity contribution in [3.8, 4) is 6.07 Å². The van der Waals surface area contributed by atoms with Crippen molar-refractivity contribution in [3.05, 3.63) is 32.7 Å². The number of pyridine rings is 1. The molecule has 7 nitrogen and oxygen atoms in total. The molecule has 0 aromatic carbocycles. The third kappa shape index (κ3) is 3.77. The summed E-state index contributed by atoms with van der Waals surface area (Å²) in [5.74, 6) is -0.358. The highest BCUT2D eigenvalue weighted by atomic mass is 16.2. The molecule has 7 heteroatoms. The first kappa shape index (κ1) is 16.7. The molecule has 1 fully saturated rings. The first-order valence-electron chi connectivity index (χ1n) is 7.63. The second-order valence-corrected chi connectivity index (χ2v) is 5.72. The minimum Gasteiger partial charge on any atom is -0.354 e. The number of hydrogen-bond donors (Lipinski definition) is 3. The number of amides is 2. The maximum Gasteiger partial charge on any atom is 0.266 e. The van der Waals surface area contributed by atoms with Gasteiger partial charge in [-0.05, 0) is 44.2 Å². The van der Waals surface area contributed by atoms with Crippen LogP contribution in [0.3, 0.4) is 0 Å². The van der Waals surface area contributed by atoms with Gasteiger partial charge in [0.15, 0.2) is 0 Å². The molecule has 0 unspecified atom stereocenters. The molecule has 2 heterocycles. The Balaban J connectivity index is 2.03. The molecule has 0 radical (unpaired) electrons. The van der Waals surface area contributed by atoms with Gasteiger partial charge in [-0.2, -0.15) is 5.26 Å². The van der Waals surface area contributed by atoms with Crippen LogP contribution in [0.5, 0.6) is 0 Å². The number of aromatic amines is 1. The largest absolute Gasteiger partial charge is 0.354 e. The Kier molecular flexibility index (Phi) is 5.16. The van der Waals surface area contributed by atoms with E-state index in [4.69, 9.17) is 5.26 Å². The number of nitrogens with one attached hydrogen (secondary N) is 3. The predicted molar refractivity (Wildman–Crippen MR) is 83.7 cm³/mol. The normalized spacial score (nSPS) is 17.3. The lowest BCUT2D eigenvalue weighted by molar-refractivity contribution is -0.130. The molecule has 1 atom stereocenters. The molecular formula is C16H20N4O3. The fraction of sp³-hybridized carbons (Fsp3) is 0.500. The van der Waals surface area contributed by atoms with E-state index in [0.29, 0.717) is 30.6 Å². The Morgan fingerprint density at radius 2 is 2.13 bits per heavy atom. The second kappa shape index (κ2) is 7.09. The molecule has 1 aromatic heterocycles. The topological polar surface area (TPSA) is 115 Å². The highest BCUT2D eigenvalue weighted by molar-refractivity contribution is 5.88. The van der Waals surface area contributed by atoms with Crippen molar-refractivity contribution in [2.75, 3.05) is 6.54 Å². The van der Waals surface area contributed by atoms with E-state index in [1.54, 1.807) is 13.8 Å². The number of rotatable bonds is 4. The van der Waals surface area contributed by atoms with E-state index in [0.717, 1.165) is 12.0 Å². The number of nitrogens with zero attached hydrogens (tertiary/aromatic N) is 1. The average molecular weight is 316 g/mol. The van der Waals surface area contributed by atoms with Crippen LogP contribution >= 0.6 is 0 Å². The summed E-state index contributed by atoms with van der Waals surface area (Å²) in [6.07, 6.45) is 2.10. The van der Waals surface area contributed by atoms with Crippen molar-refractivity contribution in [2.45, 2.75) is 45.6 Å². The molecule has 1 aliphatic heterocycles. The molecule has 2 rings (SSSR count). The van der Waals surface area contributed by atoms with Crippen LogP contribution in [0.4, 0.5) is 0 Å². The van der Waals surface area contributed by atoms with Crippen LogP contribution in [0.25, 0.3) is 0 Å². The standard InChI is InChI=1S/C16H20N4O3/c1-9-11(10(2)19-15(22)12(9)8-17)5-6-14(21)20-13-4-3-7-18-16(13)23/h13H,3-7H2,1-2H3,(H,18,23)(H,19,22)(H,20,21)/t13-/m1/s1. The lowest BCUT2D eigenvalue weighted by Gasteiger charge is -2.22. The number of nitriles is 1. The Bertz CT molecular complexity index is 730. The lowest BCUT2D eigenvalue weighted by Crippen LogP contribution is -2.50. The van der Waals surface area contributed by atoms with E-state index >= 15 is 0 Å². The van der Waals surface area contributed by atoms with E-state index in [1.165, 1.54) is 0 Å². The molecule has 0 bridgehead atoms. The van der Waals surface area contributed by atoms with Gasteiger partial charge >= 0.3 is 0 Å². The summed E-state index contributed by atoms with van der Waals surface area (Å²) in [7, 11) is 0. The van der Waals surface area contributed by atoms with Gasteiger partial charge in [0, 0.05) is 18.7 Å². The molecule has 1 aliphatic rings. The number of aromatic nitrogens is 1. The van der Waals surface area contributed by atoms with Crippen LogP contribution < -0.4 is 16.2 Å². The first-order valence-corrected chi connectivity index (χ1v) is 7.63. The minimum absolute atomic E-state index is 0.0812. The monoisotopic (exact) mass is 316 g/mol. The van der Waals surface area contributed by atoms with Crippen LogP contribution in [-0.2, 0) is 16.0 Å². The van der Waals surface area contributed by atoms with Gasteiger partial charge < -0.3 is 15.6 Å². The van der Waals surface area contributed by atoms with E-state index in [1.807, 2.05) is 6.07 Å². The van der Waals surface area contributed by atoms with E-state index in [9.17, 15) is 14.4 Å². The fourth-order valence-corrected chi connectivity index (χ4v) is 2.84. The Morgan fingerprint density at radius 3 is 2.78 bits per heavy atom. The molecule has 122 valence electrons. The van der Waals surface area contributed by atoms with Crippen molar-refractivity contribution in [3.63, 3.8) is 0 Å². The molecule has 1 saturated heterocycles. The van der Waals surface area contributed by atoms with Crippen molar-refractivity contribution in [2.24, 2.45) is 0 Å². The van der Waals surface area contributed by atoms with E-state index in [-0.39, 0.29) is 23.8 Å². The number of piperidine rings is 1. The van der Waals surface area contributed by atoms with Gasteiger partial charge in [-0.15, -0.1) is 0 Å². The van der Waals surface area contributed by atoms with Crippen molar-refractivity contribution >= 4 is 11.8 Å². The lowest BCUT2D eigenvalue weighted by atomic mass is 9.98. The van der Waals surface area contributed by atoms with Crippen molar-refractivity contribution < 1.29 is 9.59 Å². The fourth-order valence-electron chi connectivity index (χ4n) is 2.84. The molecule has 23 heavy (non-hydrogen) atoms. The molecule has 2 amide bonds. The number of carbonyl (C=O) groups excluding carboxylic acids is 2. The summed E-state index contributed by atoms with van der Waals surface area (Å²) in [6.45, 7) is 4.11. The number of hydrogen-bond acceptors (Lipinski definition) is 4. The highest BCUT2D eigenvalue weighted by Crippen LogP contribution is 2.15. The summed E-state index contributed by atoms with van der Waals surface area (Å²) in [6, 6.07) is 1.42. The number of H-pyrrole nitrogens is 1. The van der Waals surface area contributed by atoms with Crippen LogP contribution in [0.2, 0.25) is 0 Å². The van der Waals surface area contributed by atoms with Gasteiger partial charge in [-0.3, -0.25) is 14.4 Å². The SMILES string of the molecule is Cc1[nH]c(=O)c(C#N)c(C)c1CCC(=O)N[C@@H]1CCCNC1=O. The van der Waals surface area contributed by atoms with E-state index in [2.05, 4.69) is 15.6 Å². The average Bonchev–Trinajstić information content (AvgIpc) is 2.49. The third-order valence-corrected chi connectivity index (χ3v) is 4.14. The molecule has 0 spiro atoms. The van der Waals surface area contributed by atoms with Gasteiger partial charge in [0.05, 0.1) is 0 Å². The highest BCUT2D eigenvalue weighted by Gasteiger charge is 2.23. The molecule has 1 aromatic rings. The van der Waals surface area contributed by atoms with Gasteiger partial charge in [-0.25, -0.2) is 0 Å². The van der Waals surface area contributed by atoms with Gasteiger partial charge in [0.1, 0.15) is 17.7 Å². The van der Waals surface area contributed by atoms with Crippen LogP contribution in [-0.4, -0.2) is 29.4 Å². The van der Waals surface area contributed by atoms with Crippen LogP contribution in [0, 0.1) is 25.2 Å². The van der Waals surface area contributed by atoms with Gasteiger partial charge in [0.2, 0.25) is 11.8 Å². The number of aryl methyl sites for hydroxylation is 1. The summed E-state index contributed by atoms with van der Waals surface area (Å²) < 4.78 is 0. The third-order valence-electron chi connectivity index (χ3n) is 4.14. The summed E-state index contributed by atoms with van der Waals surface area (Å²) >= 11 is 0. The van der Waals surface area contributed by atoms with Gasteiger partial charge in [0.25, 0.3) is 5.56 Å². The maximum atomic E-state index is 12.0. The minimum atomic E-state index is -0.469. The molecule has 0 aliphatic carbocycles. The number of carbonyl (C=O) groups is 2. The Morgan fingerprint density at radius 1 is 1.39 bits per heavy atom. The van der Waals surface area contributed by atoms with Crippen LogP contribution in [0.1, 0.15) is 41.6 Å². The van der Waals surface area contributed by atoms with E-state index < -0.39 is 11.6 Å². The quantitative estimate of drug-likeness (QED) is 0.735. The molecule has 3 N–H and O–H groups in total. The van der Waals surface area contributed by atoms with Crippen molar-refractivity contribution in [1.29, 1.82) is 5.26 Å². The first-order chi connectivity index (χ1) is 10.9. The smallest absolute Gasteiger partial charge is 0.266 e. The summed E-state index contributed by atoms with van der Waals surface area (Å²) in [5.41, 5.74) is 1.74. The zero-order chi connectivity index (χ0) is 17.0. The zero-order valence-electron chi connectivity index (χ0n) is 13.3. The summed E-state index contributed by atoms with van der Waals surface area (Å²) in [5, 5.41) is 14.5. The van der Waals surface area contributed by atoms with Crippen molar-refractivity contribution in [1.82, 2.24) is 15.6 Å². The van der Waals surface area contributed by atoms with Crippen LogP contribution in [0.15, 0.2) is 4.79 Å².